The SMILES string of the molecule is N#CCOc1c(Cl)cc(C=Nn2c(-c3cc4cc(Br)ccc4o3)nc3ccccc3c2=O)cc1[N+](=O)[O-]. The molecule has 0 atom stereocenters. The van der Waals surface area contributed by atoms with Crippen LogP contribution in [0.1, 0.15) is 5.56 Å². The number of nitriles is 1. The van der Waals surface area contributed by atoms with Crippen LogP contribution in [-0.2, 0) is 0 Å². The van der Waals surface area contributed by atoms with Crippen LogP contribution in [0.5, 0.6) is 5.75 Å². The number of halogens is 2. The number of hydrogen-bond donors (Lipinski definition) is 0. The summed E-state index contributed by atoms with van der Waals surface area (Å²) in [7, 11) is 0. The predicted molar refractivity (Wildman–Crippen MR) is 141 cm³/mol. The summed E-state index contributed by atoms with van der Waals surface area (Å²) in [4.78, 5) is 28.9. The van der Waals surface area contributed by atoms with Crippen LogP contribution >= 0.6 is 27.5 Å². The minimum absolute atomic E-state index is 0.0852. The molecule has 2 aromatic heterocycles. The fourth-order valence-corrected chi connectivity index (χ4v) is 4.35. The Balaban J connectivity index is 1.67. The summed E-state index contributed by atoms with van der Waals surface area (Å²) < 4.78 is 13.0. The van der Waals surface area contributed by atoms with E-state index in [4.69, 9.17) is 26.0 Å². The zero-order valence-corrected chi connectivity index (χ0v) is 20.9. The fraction of sp³-hybridized carbons (Fsp3) is 0.0400. The molecule has 0 aliphatic rings. The quantitative estimate of drug-likeness (QED) is 0.139. The average molecular weight is 579 g/mol. The van der Waals surface area contributed by atoms with Gasteiger partial charge in [-0.1, -0.05) is 39.7 Å². The van der Waals surface area contributed by atoms with E-state index in [-0.39, 0.29) is 22.2 Å². The summed E-state index contributed by atoms with van der Waals surface area (Å²) in [6, 6.07) is 18.3. The van der Waals surface area contributed by atoms with Crippen molar-refractivity contribution in [3.05, 3.63) is 96.2 Å². The van der Waals surface area contributed by atoms with Crippen molar-refractivity contribution in [3.63, 3.8) is 0 Å². The Hall–Kier alpha value is -4.53. The smallest absolute Gasteiger partial charge is 0.313 e. The largest absolute Gasteiger partial charge is 0.470 e. The van der Waals surface area contributed by atoms with E-state index in [0.29, 0.717) is 22.2 Å². The fourth-order valence-electron chi connectivity index (χ4n) is 3.70. The minimum atomic E-state index is -0.683. The highest BCUT2D eigenvalue weighted by Crippen LogP contribution is 2.36. The van der Waals surface area contributed by atoms with E-state index in [1.807, 2.05) is 12.1 Å². The van der Waals surface area contributed by atoms with Crippen molar-refractivity contribution in [1.29, 1.82) is 5.26 Å². The zero-order valence-electron chi connectivity index (χ0n) is 18.6. The number of para-hydroxylation sites is 1. The molecule has 0 N–H and O–H groups in total. The highest BCUT2D eigenvalue weighted by Gasteiger charge is 2.21. The molecule has 10 nitrogen and oxygen atoms in total. The molecule has 0 bridgehead atoms. The lowest BCUT2D eigenvalue weighted by molar-refractivity contribution is -0.385. The third-order valence-corrected chi connectivity index (χ3v) is 6.07. The van der Waals surface area contributed by atoms with E-state index in [0.717, 1.165) is 14.5 Å². The second-order valence-electron chi connectivity index (χ2n) is 7.66. The summed E-state index contributed by atoms with van der Waals surface area (Å²) in [5.41, 5.74) is 0.352. The van der Waals surface area contributed by atoms with E-state index in [2.05, 4.69) is 26.0 Å². The first kappa shape index (κ1) is 24.2. The van der Waals surface area contributed by atoms with Crippen molar-refractivity contribution >= 4 is 61.3 Å². The second kappa shape index (κ2) is 9.85. The number of furan rings is 1. The summed E-state index contributed by atoms with van der Waals surface area (Å²) >= 11 is 9.62. The van der Waals surface area contributed by atoms with Gasteiger partial charge in [0.2, 0.25) is 11.6 Å². The molecule has 182 valence electrons. The molecular formula is C25H13BrClN5O5. The molecule has 2 heterocycles. The molecule has 0 unspecified atom stereocenters. The number of ether oxygens (including phenoxy) is 1. The first-order valence-electron chi connectivity index (χ1n) is 10.6. The molecule has 0 aliphatic carbocycles. The van der Waals surface area contributed by atoms with Crippen molar-refractivity contribution in [3.8, 4) is 23.4 Å². The van der Waals surface area contributed by atoms with Gasteiger partial charge in [-0.3, -0.25) is 14.9 Å². The Kier molecular flexibility index (Phi) is 6.43. The average Bonchev–Trinajstić information content (AvgIpc) is 3.30. The highest BCUT2D eigenvalue weighted by atomic mass is 79.9. The molecule has 0 radical (unpaired) electrons. The number of fused-ring (bicyclic) bond motifs is 2. The number of aromatic nitrogens is 2. The molecule has 0 saturated heterocycles. The summed E-state index contributed by atoms with van der Waals surface area (Å²) in [6.07, 6.45) is 1.24. The van der Waals surface area contributed by atoms with Gasteiger partial charge < -0.3 is 9.15 Å². The van der Waals surface area contributed by atoms with E-state index < -0.39 is 22.8 Å². The van der Waals surface area contributed by atoms with Gasteiger partial charge in [-0.05, 0) is 42.5 Å². The number of nitro benzene ring substituents is 1. The van der Waals surface area contributed by atoms with Crippen molar-refractivity contribution in [2.75, 3.05) is 6.61 Å². The molecule has 0 fully saturated rings. The van der Waals surface area contributed by atoms with Crippen molar-refractivity contribution in [2.45, 2.75) is 0 Å². The Morgan fingerprint density at radius 1 is 1.24 bits per heavy atom. The minimum Gasteiger partial charge on any atom is -0.470 e. The normalized spacial score (nSPS) is 11.3. The van der Waals surface area contributed by atoms with E-state index in [1.165, 1.54) is 18.3 Å². The van der Waals surface area contributed by atoms with Gasteiger partial charge in [0.15, 0.2) is 12.4 Å². The summed E-state index contributed by atoms with van der Waals surface area (Å²) in [5.74, 6) is 0.211. The van der Waals surface area contributed by atoms with Crippen molar-refractivity contribution < 1.29 is 14.1 Å². The molecule has 0 spiro atoms. The molecule has 5 rings (SSSR count). The van der Waals surface area contributed by atoms with Crippen LogP contribution in [0.25, 0.3) is 33.5 Å². The maximum absolute atomic E-state index is 13.4. The monoisotopic (exact) mass is 577 g/mol. The van der Waals surface area contributed by atoms with Gasteiger partial charge in [-0.2, -0.15) is 15.0 Å². The lowest BCUT2D eigenvalue weighted by atomic mass is 10.2. The van der Waals surface area contributed by atoms with Gasteiger partial charge in [0.05, 0.1) is 27.1 Å². The third kappa shape index (κ3) is 4.67. The number of nitrogens with zero attached hydrogens (tertiary/aromatic N) is 5. The highest BCUT2D eigenvalue weighted by molar-refractivity contribution is 9.10. The molecule has 0 aliphatic heterocycles. The summed E-state index contributed by atoms with van der Waals surface area (Å²) in [5, 5.41) is 25.6. The van der Waals surface area contributed by atoms with Crippen molar-refractivity contribution in [1.82, 2.24) is 9.66 Å². The Morgan fingerprint density at radius 2 is 2.05 bits per heavy atom. The maximum Gasteiger partial charge on any atom is 0.313 e. The van der Waals surface area contributed by atoms with Crippen LogP contribution in [-0.4, -0.2) is 27.4 Å². The lowest BCUT2D eigenvalue weighted by Crippen LogP contribution is -2.20. The van der Waals surface area contributed by atoms with Gasteiger partial charge in [0.1, 0.15) is 11.7 Å². The Morgan fingerprint density at radius 3 is 2.84 bits per heavy atom. The number of rotatable bonds is 6. The molecule has 0 saturated carbocycles. The number of benzene rings is 3. The first-order chi connectivity index (χ1) is 17.9. The molecule has 3 aromatic carbocycles. The zero-order chi connectivity index (χ0) is 26.1. The maximum atomic E-state index is 13.4. The molecule has 37 heavy (non-hydrogen) atoms. The van der Waals surface area contributed by atoms with Gasteiger partial charge in [-0.25, -0.2) is 4.98 Å². The standard InChI is InChI=1S/C25H13BrClN5O5/c26-16-5-6-21-15(11-16)12-22(37-21)24-30-19-4-2-1-3-17(19)25(33)31(24)29-13-14-9-18(27)23(36-8-7-28)20(10-14)32(34)35/h1-6,9-13H,8H2. The number of nitro groups is 1. The van der Waals surface area contributed by atoms with Crippen LogP contribution in [0.2, 0.25) is 5.02 Å². The van der Waals surface area contributed by atoms with Crippen molar-refractivity contribution in [2.24, 2.45) is 5.10 Å². The molecule has 0 amide bonds. The first-order valence-corrected chi connectivity index (χ1v) is 11.8. The lowest BCUT2D eigenvalue weighted by Gasteiger charge is -2.08. The third-order valence-electron chi connectivity index (χ3n) is 5.30. The van der Waals surface area contributed by atoms with Crippen LogP contribution in [0.3, 0.4) is 0 Å². The van der Waals surface area contributed by atoms with Crippen LogP contribution in [0.4, 0.5) is 5.69 Å². The van der Waals surface area contributed by atoms with Gasteiger partial charge >= 0.3 is 5.69 Å². The van der Waals surface area contributed by atoms with E-state index in [9.17, 15) is 14.9 Å². The van der Waals surface area contributed by atoms with Gasteiger partial charge in [0.25, 0.3) is 5.56 Å². The van der Waals surface area contributed by atoms with E-state index >= 15 is 0 Å². The molecular weight excluding hydrogens is 566 g/mol. The van der Waals surface area contributed by atoms with Crippen LogP contribution in [0, 0.1) is 21.4 Å². The Labute approximate surface area is 221 Å². The van der Waals surface area contributed by atoms with E-state index in [1.54, 1.807) is 42.5 Å². The van der Waals surface area contributed by atoms with Crippen LogP contribution in [0.15, 0.2) is 79.4 Å². The molecule has 12 heteroatoms. The van der Waals surface area contributed by atoms with Gasteiger partial charge in [0, 0.05) is 21.5 Å². The molecule has 5 aromatic rings. The predicted octanol–water partition coefficient (Wildman–Crippen LogP) is 5.92. The topological polar surface area (TPSA) is 137 Å². The van der Waals surface area contributed by atoms with Gasteiger partial charge in [-0.15, -0.1) is 0 Å². The second-order valence-corrected chi connectivity index (χ2v) is 8.98. The summed E-state index contributed by atoms with van der Waals surface area (Å²) in [6.45, 7) is -0.413. The van der Waals surface area contributed by atoms with Crippen LogP contribution < -0.4 is 10.3 Å². The number of hydrogen-bond acceptors (Lipinski definition) is 8. The Bertz CT molecular complexity index is 1840.